The monoisotopic (exact) mass is 573 g/mol. The molecular weight excluding hydrogens is 516 g/mol. The van der Waals surface area contributed by atoms with E-state index in [0.29, 0.717) is 11.5 Å². The van der Waals surface area contributed by atoms with E-state index < -0.39 is 11.6 Å². The van der Waals surface area contributed by atoms with Crippen LogP contribution in [-0.2, 0) is 4.79 Å². The Balaban J connectivity index is 0.000000735. The van der Waals surface area contributed by atoms with Crippen molar-refractivity contribution in [1.82, 2.24) is 4.90 Å². The van der Waals surface area contributed by atoms with Crippen LogP contribution in [0.3, 0.4) is 0 Å². The molecule has 1 aliphatic carbocycles. The number of ketones is 1. The summed E-state index contributed by atoms with van der Waals surface area (Å²) in [6, 6.07) is 10.2. The zero-order chi connectivity index (χ0) is 29.9. The molecule has 0 aromatic heterocycles. The van der Waals surface area contributed by atoms with Gasteiger partial charge in [0.05, 0.1) is 0 Å². The Morgan fingerprint density at radius 2 is 1.51 bits per heavy atom. The van der Waals surface area contributed by atoms with Gasteiger partial charge in [0.1, 0.15) is 17.9 Å². The van der Waals surface area contributed by atoms with Gasteiger partial charge < -0.3 is 4.79 Å². The van der Waals surface area contributed by atoms with Crippen molar-refractivity contribution in [3.63, 3.8) is 0 Å². The predicted octanol–water partition coefficient (Wildman–Crippen LogP) is 10.3. The number of benzene rings is 2. The van der Waals surface area contributed by atoms with Crippen LogP contribution >= 0.6 is 0 Å². The zero-order valence-electron chi connectivity index (χ0n) is 25.9. The van der Waals surface area contributed by atoms with Crippen molar-refractivity contribution in [1.29, 1.82) is 0 Å². The van der Waals surface area contributed by atoms with Crippen LogP contribution in [0.5, 0.6) is 0 Å². The minimum atomic E-state index is -0.503. The van der Waals surface area contributed by atoms with Crippen LogP contribution in [0, 0.1) is 24.5 Å². The van der Waals surface area contributed by atoms with E-state index in [4.69, 9.17) is 0 Å². The van der Waals surface area contributed by atoms with E-state index in [2.05, 4.69) is 37.8 Å². The number of carbonyl (C=O) groups excluding carboxylic acids is 2. The first-order valence-electron chi connectivity index (χ1n) is 15.3. The third-order valence-corrected chi connectivity index (χ3v) is 8.26. The first-order valence-corrected chi connectivity index (χ1v) is 15.3. The fraction of sp³-hybridized carbons (Fsp3) is 0.611. The first-order chi connectivity index (χ1) is 19.0. The largest absolute Gasteiger partial charge is 0.303 e. The lowest BCUT2D eigenvalue weighted by Gasteiger charge is -2.31. The summed E-state index contributed by atoms with van der Waals surface area (Å²) in [5, 5.41) is 0. The smallest absolute Gasteiger partial charge is 0.160 e. The van der Waals surface area contributed by atoms with Gasteiger partial charge in [-0.05, 0) is 102 Å². The molecule has 2 aromatic rings. The van der Waals surface area contributed by atoms with Crippen LogP contribution in [0.1, 0.15) is 141 Å². The summed E-state index contributed by atoms with van der Waals surface area (Å²) in [6.07, 6.45) is 9.70. The number of Topliss-reactive ketones (excluding diaryl/α,β-unsaturated/α-hetero) is 1. The second-order valence-electron chi connectivity index (χ2n) is 12.2. The molecule has 2 aliphatic rings. The number of hydrogen-bond donors (Lipinski definition) is 0. The molecule has 1 heterocycles. The first kappa shape index (κ1) is 36.6. The van der Waals surface area contributed by atoms with Crippen LogP contribution in [0.2, 0.25) is 0 Å². The summed E-state index contributed by atoms with van der Waals surface area (Å²) < 4.78 is 26.5. The molecule has 0 bridgehead atoms. The van der Waals surface area contributed by atoms with Crippen LogP contribution < -0.4 is 0 Å². The molecule has 4 rings (SSSR count). The third kappa shape index (κ3) is 11.1. The summed E-state index contributed by atoms with van der Waals surface area (Å²) >= 11 is 0. The Labute approximate surface area is 250 Å². The Bertz CT molecular complexity index is 1100. The zero-order valence-corrected chi connectivity index (χ0v) is 25.9. The third-order valence-electron chi connectivity index (χ3n) is 8.26. The van der Waals surface area contributed by atoms with Gasteiger partial charge in [-0.25, -0.2) is 8.78 Å². The molecule has 0 N–H and O–H groups in total. The summed E-state index contributed by atoms with van der Waals surface area (Å²) in [6.45, 7) is 16.0. The lowest BCUT2D eigenvalue weighted by Crippen LogP contribution is -2.39. The van der Waals surface area contributed by atoms with Crippen molar-refractivity contribution in [3.8, 4) is 0 Å². The van der Waals surface area contributed by atoms with Gasteiger partial charge in [-0.1, -0.05) is 64.3 Å². The number of rotatable bonds is 4. The molecule has 41 heavy (non-hydrogen) atoms. The second kappa shape index (κ2) is 17.5. The predicted molar refractivity (Wildman–Crippen MR) is 171 cm³/mol. The van der Waals surface area contributed by atoms with Crippen LogP contribution in [-0.4, -0.2) is 35.6 Å². The number of nitrogens with zero attached hydrogens (tertiary/aromatic N) is 1. The Morgan fingerprint density at radius 1 is 0.902 bits per heavy atom. The molecule has 1 saturated carbocycles. The van der Waals surface area contributed by atoms with Crippen molar-refractivity contribution < 1.29 is 19.8 Å². The molecule has 3 nitrogen and oxygen atoms in total. The lowest BCUT2D eigenvalue weighted by molar-refractivity contribution is -0.111. The highest BCUT2D eigenvalue weighted by molar-refractivity contribution is 5.96. The van der Waals surface area contributed by atoms with Crippen molar-refractivity contribution in [2.75, 3.05) is 13.1 Å². The quantitative estimate of drug-likeness (QED) is 0.270. The van der Waals surface area contributed by atoms with Gasteiger partial charge >= 0.3 is 0 Å². The molecule has 5 heteroatoms. The highest BCUT2D eigenvalue weighted by Gasteiger charge is 2.32. The van der Waals surface area contributed by atoms with E-state index in [1.54, 1.807) is 13.0 Å². The molecule has 0 amide bonds. The Hall–Kier alpha value is -2.40. The summed E-state index contributed by atoms with van der Waals surface area (Å²) in [4.78, 5) is 25.3. The molecule has 0 spiro atoms. The summed E-state index contributed by atoms with van der Waals surface area (Å²) in [5.41, 5.74) is 4.03. The minimum Gasteiger partial charge on any atom is -0.303 e. The normalized spacial score (nSPS) is 21.4. The standard InChI is InChI=1S/C19H26O2.C14H19F2N.C2H6.CH4.H2/c1-14-10-11-18(19(12-14)15(2)21)17-8-4-3-6-16(13-20)7-5-9-17;1-14(2,3)17-7-6-10(9-17)12-5-4-11(15)8-13(12)16;1-2;;/h10-13,16-17H,3-9H2,1-2H3;4-5,8,10H,6-7,9H2,1-3H3;1-2H3;1H4;1H/t;10-;;;/m.0.../s1. The molecule has 0 radical (unpaired) electrons. The second-order valence-corrected chi connectivity index (χ2v) is 12.2. The molecule has 3 atom stereocenters. The van der Waals surface area contributed by atoms with Crippen LogP contribution in [0.4, 0.5) is 8.78 Å². The van der Waals surface area contributed by atoms with E-state index in [9.17, 15) is 18.4 Å². The Kier molecular flexibility index (Phi) is 15.7. The average molecular weight is 574 g/mol. The summed E-state index contributed by atoms with van der Waals surface area (Å²) in [7, 11) is 0. The van der Waals surface area contributed by atoms with Crippen molar-refractivity contribution in [3.05, 3.63) is 70.3 Å². The van der Waals surface area contributed by atoms with Crippen LogP contribution in [0.15, 0.2) is 36.4 Å². The number of aryl methyl sites for hydroxylation is 1. The lowest BCUT2D eigenvalue weighted by atomic mass is 9.85. The van der Waals surface area contributed by atoms with Gasteiger partial charge in [0.25, 0.3) is 0 Å². The number of aldehydes is 1. The molecule has 2 unspecified atom stereocenters. The van der Waals surface area contributed by atoms with E-state index in [-0.39, 0.29) is 32.0 Å². The molecule has 1 aliphatic heterocycles. The van der Waals surface area contributed by atoms with Crippen LogP contribution in [0.25, 0.3) is 0 Å². The minimum absolute atomic E-state index is 0. The van der Waals surface area contributed by atoms with Gasteiger partial charge in [-0.15, -0.1) is 0 Å². The maximum atomic E-state index is 13.7. The van der Waals surface area contributed by atoms with E-state index >= 15 is 0 Å². The van der Waals surface area contributed by atoms with Gasteiger partial charge in [0.2, 0.25) is 0 Å². The number of hydrogen-bond acceptors (Lipinski definition) is 3. The van der Waals surface area contributed by atoms with E-state index in [0.717, 1.165) is 87.9 Å². The molecule has 2 fully saturated rings. The van der Waals surface area contributed by atoms with E-state index in [1.807, 2.05) is 26.8 Å². The van der Waals surface area contributed by atoms with Crippen molar-refractivity contribution >= 4 is 12.1 Å². The Morgan fingerprint density at radius 3 is 2.10 bits per heavy atom. The number of halogens is 2. The van der Waals surface area contributed by atoms with Crippen molar-refractivity contribution in [2.24, 2.45) is 5.92 Å². The van der Waals surface area contributed by atoms with Gasteiger partial charge in [0.15, 0.2) is 5.78 Å². The van der Waals surface area contributed by atoms with Gasteiger partial charge in [-0.3, -0.25) is 9.69 Å². The van der Waals surface area contributed by atoms with E-state index in [1.165, 1.54) is 11.6 Å². The fourth-order valence-electron chi connectivity index (χ4n) is 5.95. The maximum Gasteiger partial charge on any atom is 0.160 e. The van der Waals surface area contributed by atoms with Gasteiger partial charge in [-0.2, -0.15) is 0 Å². The molecule has 232 valence electrons. The maximum absolute atomic E-state index is 13.7. The molecule has 2 aromatic carbocycles. The fourth-order valence-corrected chi connectivity index (χ4v) is 5.95. The number of likely N-dealkylation sites (tertiary alicyclic amines) is 1. The molecule has 1 saturated heterocycles. The van der Waals surface area contributed by atoms with Crippen molar-refractivity contribution in [2.45, 2.75) is 125 Å². The van der Waals surface area contributed by atoms with Gasteiger partial charge in [0, 0.05) is 37.0 Å². The SMILES string of the molecule is C.CC.CC(=O)c1cc(C)ccc1C1CCCCC(C=O)CCC1.CC(C)(C)N1CC[C@H](c2ccc(F)cc2F)C1.[HH]. The molecular formula is C36H57F2NO2. The topological polar surface area (TPSA) is 37.4 Å². The highest BCUT2D eigenvalue weighted by Crippen LogP contribution is 2.34. The number of carbonyl (C=O) groups is 2. The average Bonchev–Trinajstić information content (AvgIpc) is 3.44. The summed E-state index contributed by atoms with van der Waals surface area (Å²) in [5.74, 6) is 0.154. The highest BCUT2D eigenvalue weighted by atomic mass is 19.1.